The normalized spacial score (nSPS) is 11.8. The lowest BCUT2D eigenvalue weighted by atomic mass is 9.97. The molecule has 0 aliphatic carbocycles. The maximum Gasteiger partial charge on any atom is 0.252 e. The summed E-state index contributed by atoms with van der Waals surface area (Å²) in [5.74, 6) is 0.525. The zero-order chi connectivity index (χ0) is 20.8. The number of hydrogen-bond acceptors (Lipinski definition) is 4. The predicted octanol–water partition coefficient (Wildman–Crippen LogP) is 4.92. The van der Waals surface area contributed by atoms with Crippen LogP contribution >= 0.6 is 11.8 Å². The molecule has 6 heteroatoms. The van der Waals surface area contributed by atoms with E-state index in [4.69, 9.17) is 0 Å². The van der Waals surface area contributed by atoms with Gasteiger partial charge in [-0.15, -0.1) is 0 Å². The number of carbonyl (C=O) groups is 1. The minimum absolute atomic E-state index is 0.0989. The number of carbonyl (C=O) groups excluding carboxylic acids is 1. The van der Waals surface area contributed by atoms with Gasteiger partial charge in [0.05, 0.1) is 6.04 Å². The van der Waals surface area contributed by atoms with Crippen molar-refractivity contribution < 1.29 is 4.79 Å². The molecule has 1 heterocycles. The molecule has 0 saturated carbocycles. The van der Waals surface area contributed by atoms with Crippen LogP contribution in [0.3, 0.4) is 0 Å². The Balaban J connectivity index is 1.59. The highest BCUT2D eigenvalue weighted by atomic mass is 32.2. The number of nitrogens with zero attached hydrogens (tertiary/aromatic N) is 2. The highest BCUT2D eigenvalue weighted by Gasteiger charge is 2.19. The van der Waals surface area contributed by atoms with E-state index >= 15 is 0 Å². The third-order valence-electron chi connectivity index (χ3n) is 4.84. The molecule has 0 unspecified atom stereocenters. The number of hydrogen-bond donors (Lipinski definition) is 2. The average molecular weight is 415 g/mol. The van der Waals surface area contributed by atoms with Crippen LogP contribution in [-0.4, -0.2) is 21.1 Å². The van der Waals surface area contributed by atoms with Gasteiger partial charge in [0.1, 0.15) is 6.33 Å². The summed E-state index contributed by atoms with van der Waals surface area (Å²) < 4.78 is 0. The number of aromatic nitrogens is 3. The number of nitrogens with one attached hydrogen (secondary N) is 2. The monoisotopic (exact) mass is 414 g/mol. The van der Waals surface area contributed by atoms with Crippen LogP contribution in [0.4, 0.5) is 0 Å². The van der Waals surface area contributed by atoms with Crippen molar-refractivity contribution in [1.82, 2.24) is 20.5 Å². The zero-order valence-corrected chi connectivity index (χ0v) is 17.4. The van der Waals surface area contributed by atoms with E-state index in [2.05, 4.69) is 51.7 Å². The topological polar surface area (TPSA) is 70.7 Å². The number of H-pyrrole nitrogens is 1. The number of aryl methyl sites for hydroxylation is 1. The van der Waals surface area contributed by atoms with Crippen molar-refractivity contribution in [3.8, 4) is 0 Å². The number of aromatic amines is 1. The second kappa shape index (κ2) is 9.41. The lowest BCUT2D eigenvalue weighted by molar-refractivity contribution is 0.0942. The molecule has 3 aromatic carbocycles. The molecule has 5 nitrogen and oxygen atoms in total. The maximum atomic E-state index is 13.3. The van der Waals surface area contributed by atoms with Gasteiger partial charge in [-0.25, -0.2) is 4.98 Å². The van der Waals surface area contributed by atoms with Crippen molar-refractivity contribution in [2.24, 2.45) is 0 Å². The largest absolute Gasteiger partial charge is 0.341 e. The summed E-state index contributed by atoms with van der Waals surface area (Å²) in [4.78, 5) is 17.4. The van der Waals surface area contributed by atoms with Gasteiger partial charge >= 0.3 is 0 Å². The summed E-state index contributed by atoms with van der Waals surface area (Å²) in [6, 6.07) is 25.8. The Bertz CT molecular complexity index is 1100. The lowest BCUT2D eigenvalue weighted by Crippen LogP contribution is -2.30. The van der Waals surface area contributed by atoms with E-state index in [1.807, 2.05) is 54.6 Å². The average Bonchev–Trinajstić information content (AvgIpc) is 3.31. The fraction of sp³-hybridized carbons (Fsp3) is 0.125. The molecule has 1 amide bonds. The molecular formula is C24H22N4OS. The van der Waals surface area contributed by atoms with E-state index in [-0.39, 0.29) is 11.9 Å². The van der Waals surface area contributed by atoms with E-state index in [9.17, 15) is 4.79 Å². The van der Waals surface area contributed by atoms with E-state index in [1.54, 1.807) is 0 Å². The summed E-state index contributed by atoms with van der Waals surface area (Å²) in [6.45, 7) is 2.06. The Kier molecular flexibility index (Phi) is 6.25. The number of benzene rings is 3. The van der Waals surface area contributed by atoms with E-state index in [0.717, 1.165) is 21.8 Å². The molecular weight excluding hydrogens is 392 g/mol. The Morgan fingerprint density at radius 2 is 1.67 bits per heavy atom. The number of rotatable bonds is 7. The van der Waals surface area contributed by atoms with Gasteiger partial charge in [0.25, 0.3) is 5.91 Å². The molecule has 4 aromatic rings. The third kappa shape index (κ3) is 4.78. The van der Waals surface area contributed by atoms with E-state index in [1.165, 1.54) is 23.7 Å². The van der Waals surface area contributed by atoms with Gasteiger partial charge in [0, 0.05) is 11.3 Å². The van der Waals surface area contributed by atoms with Gasteiger partial charge < -0.3 is 5.32 Å². The molecule has 1 atom stereocenters. The molecule has 0 spiro atoms. The molecule has 0 aliphatic rings. The second-order valence-corrected chi connectivity index (χ2v) is 7.93. The van der Waals surface area contributed by atoms with Crippen molar-refractivity contribution in [3.63, 3.8) is 0 Å². The zero-order valence-electron chi connectivity index (χ0n) is 16.6. The highest BCUT2D eigenvalue weighted by Crippen LogP contribution is 2.25. The van der Waals surface area contributed by atoms with Crippen LogP contribution in [0.15, 0.2) is 90.3 Å². The van der Waals surface area contributed by atoms with Crippen LogP contribution in [0.1, 0.15) is 38.7 Å². The summed E-state index contributed by atoms with van der Waals surface area (Å²) in [7, 11) is 0. The first-order valence-corrected chi connectivity index (χ1v) is 10.7. The van der Waals surface area contributed by atoms with Gasteiger partial charge in [-0.05, 0) is 29.7 Å². The minimum Gasteiger partial charge on any atom is -0.341 e. The Labute approximate surface area is 180 Å². The minimum atomic E-state index is -0.228. The summed E-state index contributed by atoms with van der Waals surface area (Å²) in [5, 5.41) is 10.7. The second-order valence-electron chi connectivity index (χ2n) is 6.96. The Morgan fingerprint density at radius 1 is 0.967 bits per heavy atom. The lowest BCUT2D eigenvalue weighted by Gasteiger charge is -2.21. The van der Waals surface area contributed by atoms with Crippen LogP contribution in [0.5, 0.6) is 0 Å². The predicted molar refractivity (Wildman–Crippen MR) is 119 cm³/mol. The number of amides is 1. The van der Waals surface area contributed by atoms with Crippen molar-refractivity contribution in [2.75, 3.05) is 0 Å². The van der Waals surface area contributed by atoms with Crippen LogP contribution < -0.4 is 5.32 Å². The molecule has 0 radical (unpaired) electrons. The van der Waals surface area contributed by atoms with E-state index in [0.29, 0.717) is 11.3 Å². The van der Waals surface area contributed by atoms with Gasteiger partial charge in [0.15, 0.2) is 5.16 Å². The fourth-order valence-electron chi connectivity index (χ4n) is 3.25. The molecule has 150 valence electrons. The quantitative estimate of drug-likeness (QED) is 0.421. The van der Waals surface area contributed by atoms with Crippen molar-refractivity contribution >= 4 is 17.7 Å². The van der Waals surface area contributed by atoms with Crippen molar-refractivity contribution in [1.29, 1.82) is 0 Å². The standard InChI is InChI=1S/C24H22N4OS/c1-17-11-13-19(14-12-17)22(18-7-3-2-4-8-18)27-23(29)21-10-6-5-9-20(21)15-30-24-25-16-26-28-24/h2-14,16,22H,15H2,1H3,(H,27,29)(H,25,26,28)/t22-/m1/s1. The molecule has 0 bridgehead atoms. The molecule has 1 aromatic heterocycles. The molecule has 30 heavy (non-hydrogen) atoms. The van der Waals surface area contributed by atoms with Crippen LogP contribution in [0, 0.1) is 6.92 Å². The molecule has 4 rings (SSSR count). The summed E-state index contributed by atoms with van der Waals surface area (Å²) >= 11 is 1.52. The fourth-order valence-corrected chi connectivity index (χ4v) is 4.03. The first-order chi connectivity index (χ1) is 14.7. The molecule has 0 aliphatic heterocycles. The van der Waals surface area contributed by atoms with Crippen LogP contribution in [0.25, 0.3) is 0 Å². The highest BCUT2D eigenvalue weighted by molar-refractivity contribution is 7.98. The first kappa shape index (κ1) is 19.9. The molecule has 2 N–H and O–H groups in total. The number of thioether (sulfide) groups is 1. The maximum absolute atomic E-state index is 13.3. The Morgan fingerprint density at radius 3 is 2.40 bits per heavy atom. The van der Waals surface area contributed by atoms with Gasteiger partial charge in [-0.2, -0.15) is 5.10 Å². The SMILES string of the molecule is Cc1ccc([C@H](NC(=O)c2ccccc2CSc2ncn[nH]2)c2ccccc2)cc1. The van der Waals surface area contributed by atoms with Crippen LogP contribution in [-0.2, 0) is 5.75 Å². The first-order valence-electron chi connectivity index (χ1n) is 9.69. The van der Waals surface area contributed by atoms with Crippen molar-refractivity contribution in [3.05, 3.63) is 113 Å². The smallest absolute Gasteiger partial charge is 0.252 e. The van der Waals surface area contributed by atoms with Gasteiger partial charge in [-0.3, -0.25) is 9.89 Å². The molecule has 0 fully saturated rings. The van der Waals surface area contributed by atoms with Gasteiger partial charge in [0.2, 0.25) is 0 Å². The Hall–Kier alpha value is -3.38. The van der Waals surface area contributed by atoms with Gasteiger partial charge in [-0.1, -0.05) is 90.1 Å². The summed E-state index contributed by atoms with van der Waals surface area (Å²) in [5.41, 5.74) is 4.90. The van der Waals surface area contributed by atoms with E-state index < -0.39 is 0 Å². The third-order valence-corrected chi connectivity index (χ3v) is 5.76. The van der Waals surface area contributed by atoms with Crippen LogP contribution in [0.2, 0.25) is 0 Å². The van der Waals surface area contributed by atoms with Crippen molar-refractivity contribution in [2.45, 2.75) is 23.9 Å². The summed E-state index contributed by atoms with van der Waals surface area (Å²) in [6.07, 6.45) is 1.48. The molecule has 0 saturated heterocycles.